The molecule has 1 aromatic heterocycles. The minimum atomic E-state index is 0.599. The minimum absolute atomic E-state index is 0.599. The lowest BCUT2D eigenvalue weighted by molar-refractivity contribution is -0.699. The molecule has 16 heavy (non-hydrogen) atoms. The fourth-order valence-electron chi connectivity index (χ4n) is 3.05. The topological polar surface area (TPSA) is 21.5 Å². The van der Waals surface area contributed by atoms with Crippen LogP contribution in [0.5, 0.6) is 0 Å². The van der Waals surface area contributed by atoms with Crippen LogP contribution < -0.4 is 5.32 Å². The molecule has 0 aliphatic carbocycles. The summed E-state index contributed by atoms with van der Waals surface area (Å²) in [5.74, 6) is 0. The predicted molar refractivity (Wildman–Crippen MR) is 66.6 cm³/mol. The number of benzene rings is 1. The Hall–Kier alpha value is -1.28. The van der Waals surface area contributed by atoms with Crippen molar-refractivity contribution in [1.82, 2.24) is 4.57 Å². The van der Waals surface area contributed by atoms with Crippen molar-refractivity contribution in [3.8, 4) is 0 Å². The summed E-state index contributed by atoms with van der Waals surface area (Å²) in [6.07, 6.45) is 0. The zero-order valence-electron chi connectivity index (χ0n) is 10.2. The van der Waals surface area contributed by atoms with Crippen molar-refractivity contribution in [2.75, 3.05) is 6.54 Å². The number of hydrogen-bond acceptors (Lipinski definition) is 0. The van der Waals surface area contributed by atoms with E-state index in [4.69, 9.17) is 0 Å². The fraction of sp³-hybridized carbons (Fsp3) is 0.429. The van der Waals surface area contributed by atoms with Crippen molar-refractivity contribution < 1.29 is 5.32 Å². The maximum atomic E-state index is 2.51. The maximum Gasteiger partial charge on any atom is 0.124 e. The zero-order valence-corrected chi connectivity index (χ0v) is 10.2. The van der Waals surface area contributed by atoms with Gasteiger partial charge < -0.3 is 9.88 Å². The quantitative estimate of drug-likeness (QED) is 0.693. The molecule has 0 saturated heterocycles. The summed E-state index contributed by atoms with van der Waals surface area (Å²) in [5.41, 5.74) is 5.77. The third-order valence-corrected chi connectivity index (χ3v) is 3.83. The Morgan fingerprint density at radius 3 is 2.94 bits per heavy atom. The number of hydrogen-bond donors (Lipinski definition) is 1. The molecule has 2 aromatic rings. The van der Waals surface area contributed by atoms with Crippen LogP contribution in [0.15, 0.2) is 18.2 Å². The smallest absolute Gasteiger partial charge is 0.124 e. The van der Waals surface area contributed by atoms with E-state index in [1.54, 1.807) is 0 Å². The molecule has 1 aliphatic heterocycles. The van der Waals surface area contributed by atoms with Crippen molar-refractivity contribution in [3.63, 3.8) is 0 Å². The molecule has 0 fully saturated rings. The molecule has 0 saturated carbocycles. The first-order valence-corrected chi connectivity index (χ1v) is 6.11. The molecule has 0 amide bonds. The lowest BCUT2D eigenvalue weighted by atomic mass is 10.1. The minimum Gasteiger partial charge on any atom is -0.338 e. The first-order chi connectivity index (χ1) is 7.68. The van der Waals surface area contributed by atoms with E-state index < -0.39 is 0 Å². The molecule has 2 heteroatoms. The number of quaternary nitrogens is 1. The summed E-state index contributed by atoms with van der Waals surface area (Å²) in [6, 6.07) is 7.42. The summed E-state index contributed by atoms with van der Waals surface area (Å²) < 4.78 is 2.51. The van der Waals surface area contributed by atoms with Crippen molar-refractivity contribution >= 4 is 10.9 Å². The van der Waals surface area contributed by atoms with Gasteiger partial charge in [0.15, 0.2) is 0 Å². The molecular weight excluding hydrogens is 196 g/mol. The van der Waals surface area contributed by atoms with Gasteiger partial charge >= 0.3 is 0 Å². The van der Waals surface area contributed by atoms with Gasteiger partial charge in [-0.2, -0.15) is 0 Å². The third kappa shape index (κ3) is 1.23. The fourth-order valence-corrected chi connectivity index (χ4v) is 3.05. The number of nitrogens with zero attached hydrogens (tertiary/aromatic N) is 1. The van der Waals surface area contributed by atoms with Gasteiger partial charge in [-0.1, -0.05) is 11.6 Å². The molecular formula is C14H19N2+. The Balaban J connectivity index is 2.38. The Labute approximate surface area is 96.3 Å². The Kier molecular flexibility index (Phi) is 2.08. The van der Waals surface area contributed by atoms with Crippen molar-refractivity contribution in [2.45, 2.75) is 33.4 Å². The number of rotatable bonds is 0. The summed E-state index contributed by atoms with van der Waals surface area (Å²) >= 11 is 0. The molecule has 0 radical (unpaired) electrons. The van der Waals surface area contributed by atoms with Crippen molar-refractivity contribution in [3.05, 3.63) is 35.0 Å². The molecule has 0 unspecified atom stereocenters. The average Bonchev–Trinajstić information content (AvgIpc) is 2.54. The number of fused-ring (bicyclic) bond motifs is 3. The second kappa shape index (κ2) is 3.36. The first-order valence-electron chi connectivity index (χ1n) is 6.11. The van der Waals surface area contributed by atoms with Crippen LogP contribution in [-0.4, -0.2) is 11.1 Å². The van der Waals surface area contributed by atoms with Crippen LogP contribution in [0.25, 0.3) is 10.9 Å². The van der Waals surface area contributed by atoms with Crippen LogP contribution in [0.3, 0.4) is 0 Å². The molecule has 1 aliphatic rings. The molecule has 2 heterocycles. The number of aromatic nitrogens is 1. The van der Waals surface area contributed by atoms with Crippen LogP contribution in [0, 0.1) is 13.8 Å². The summed E-state index contributed by atoms with van der Waals surface area (Å²) in [5, 5.41) is 3.88. The van der Waals surface area contributed by atoms with Gasteiger partial charge in [0.2, 0.25) is 0 Å². The van der Waals surface area contributed by atoms with Gasteiger partial charge in [0.05, 0.1) is 18.8 Å². The SMILES string of the molecule is Cc1ccc2c(c1)c(C)c1n2CC[NH2+][C@@H]1C. The van der Waals surface area contributed by atoms with E-state index in [9.17, 15) is 0 Å². The highest BCUT2D eigenvalue weighted by atomic mass is 15.1. The van der Waals surface area contributed by atoms with Crippen molar-refractivity contribution in [1.29, 1.82) is 0 Å². The lowest BCUT2D eigenvalue weighted by Crippen LogP contribution is -2.87. The van der Waals surface area contributed by atoms with Crippen LogP contribution >= 0.6 is 0 Å². The molecule has 1 atom stereocenters. The normalized spacial score (nSPS) is 20.1. The zero-order chi connectivity index (χ0) is 11.3. The van der Waals surface area contributed by atoms with Gasteiger partial charge in [-0.05, 0) is 38.5 Å². The third-order valence-electron chi connectivity index (χ3n) is 3.83. The highest BCUT2D eigenvalue weighted by Crippen LogP contribution is 2.30. The van der Waals surface area contributed by atoms with Crippen LogP contribution in [-0.2, 0) is 6.54 Å². The van der Waals surface area contributed by atoms with Gasteiger partial charge in [-0.3, -0.25) is 0 Å². The van der Waals surface area contributed by atoms with Gasteiger partial charge in [-0.25, -0.2) is 0 Å². The molecule has 2 nitrogen and oxygen atoms in total. The van der Waals surface area contributed by atoms with E-state index in [1.807, 2.05) is 0 Å². The highest BCUT2D eigenvalue weighted by molar-refractivity contribution is 5.86. The van der Waals surface area contributed by atoms with E-state index in [0.29, 0.717) is 6.04 Å². The van der Waals surface area contributed by atoms with Crippen molar-refractivity contribution in [2.24, 2.45) is 0 Å². The summed E-state index contributed by atoms with van der Waals surface area (Å²) in [6.45, 7) is 9.09. The van der Waals surface area contributed by atoms with Crippen LogP contribution in [0.4, 0.5) is 0 Å². The average molecular weight is 215 g/mol. The summed E-state index contributed by atoms with van der Waals surface area (Å²) in [7, 11) is 0. The molecule has 84 valence electrons. The van der Waals surface area contributed by atoms with E-state index in [-0.39, 0.29) is 0 Å². The molecule has 3 rings (SSSR count). The van der Waals surface area contributed by atoms with Gasteiger partial charge in [0, 0.05) is 10.9 Å². The first kappa shape index (κ1) is 9.91. The molecule has 0 spiro atoms. The monoisotopic (exact) mass is 215 g/mol. The van der Waals surface area contributed by atoms with E-state index in [1.165, 1.54) is 34.3 Å². The van der Waals surface area contributed by atoms with E-state index >= 15 is 0 Å². The van der Waals surface area contributed by atoms with E-state index in [0.717, 1.165) is 6.54 Å². The largest absolute Gasteiger partial charge is 0.338 e. The molecule has 0 bridgehead atoms. The Morgan fingerprint density at radius 2 is 2.12 bits per heavy atom. The highest BCUT2D eigenvalue weighted by Gasteiger charge is 2.24. The van der Waals surface area contributed by atoms with Gasteiger partial charge in [-0.15, -0.1) is 0 Å². The predicted octanol–water partition coefficient (Wildman–Crippen LogP) is 1.90. The van der Waals surface area contributed by atoms with Crippen LogP contribution in [0.1, 0.15) is 29.8 Å². The van der Waals surface area contributed by atoms with Crippen LogP contribution in [0.2, 0.25) is 0 Å². The maximum absolute atomic E-state index is 2.51. The van der Waals surface area contributed by atoms with E-state index in [2.05, 4.69) is 48.9 Å². The second-order valence-corrected chi connectivity index (χ2v) is 5.00. The Bertz CT molecular complexity index is 551. The second-order valence-electron chi connectivity index (χ2n) is 5.00. The van der Waals surface area contributed by atoms with Gasteiger partial charge in [0.25, 0.3) is 0 Å². The number of aryl methyl sites for hydroxylation is 2. The Morgan fingerprint density at radius 1 is 1.31 bits per heavy atom. The van der Waals surface area contributed by atoms with Gasteiger partial charge in [0.1, 0.15) is 6.04 Å². The summed E-state index contributed by atoms with van der Waals surface area (Å²) in [4.78, 5) is 0. The standard InChI is InChI=1S/C14H18N2/c1-9-4-5-13-12(8-9)10(2)14-11(3)15-6-7-16(13)14/h4-5,8,11,15H,6-7H2,1-3H3/p+1/t11-/m1/s1. The molecule has 2 N–H and O–H groups in total. The lowest BCUT2D eigenvalue weighted by Gasteiger charge is -2.21. The molecule has 1 aromatic carbocycles. The number of nitrogens with two attached hydrogens (primary N) is 1.